The fraction of sp³-hybridized carbons (Fsp3) is 0. The molecule has 0 aliphatic heterocycles. The van der Waals surface area contributed by atoms with Crippen molar-refractivity contribution in [2.24, 2.45) is 0 Å². The van der Waals surface area contributed by atoms with Gasteiger partial charge in [-0.2, -0.15) is 0 Å². The molecule has 0 saturated heterocycles. The topological polar surface area (TPSA) is 0 Å². The zero-order valence-electron chi connectivity index (χ0n) is 1.62. The molecular formula is CoNiPdPtRh. The maximum atomic E-state index is 0. The minimum atomic E-state index is 0. The third-order valence-electron chi connectivity index (χ3n) is 0. The first-order chi connectivity index (χ1) is 0. The molecule has 0 aromatic rings. The molecule has 0 aromatic heterocycles. The van der Waals surface area contributed by atoms with E-state index in [0.29, 0.717) is 0 Å². The molecule has 0 nitrogen and oxygen atoms in total. The van der Waals surface area contributed by atoms with E-state index >= 15 is 0 Å². The summed E-state index contributed by atoms with van der Waals surface area (Å²) in [5.41, 5.74) is 0. The number of hydrogen-bond acceptors (Lipinski definition) is 0. The molecule has 0 aliphatic carbocycles. The van der Waals surface area contributed by atoms with Crippen molar-refractivity contribution in [3.05, 3.63) is 0 Å². The average molecular weight is 522 g/mol. The summed E-state index contributed by atoms with van der Waals surface area (Å²) in [6.45, 7) is 0. The van der Waals surface area contributed by atoms with Gasteiger partial charge in [0.05, 0.1) is 0 Å². The minimum Gasteiger partial charge on any atom is 0 e. The third kappa shape index (κ3) is 19.5. The molecule has 5 heteroatoms. The van der Waals surface area contributed by atoms with Crippen LogP contribution in [-0.4, -0.2) is 0 Å². The van der Waals surface area contributed by atoms with E-state index in [9.17, 15) is 0 Å². The first-order valence-corrected chi connectivity index (χ1v) is 0. The molecule has 48 valence electrons. The molecule has 0 heterocycles. The van der Waals surface area contributed by atoms with Crippen molar-refractivity contribution in [3.63, 3.8) is 0 Å². The molecule has 0 bridgehead atoms. The van der Waals surface area contributed by atoms with Gasteiger partial charge in [-0.15, -0.1) is 0 Å². The summed E-state index contributed by atoms with van der Waals surface area (Å²) in [6, 6.07) is 0. The van der Waals surface area contributed by atoms with Gasteiger partial charge in [-0.25, -0.2) is 0 Å². The molecule has 0 atom stereocenters. The van der Waals surface area contributed by atoms with E-state index in [-0.39, 0.29) is 94.2 Å². The molecule has 2 radical (unpaired) electrons. The molecule has 5 heavy (non-hydrogen) atoms. The third-order valence-corrected chi connectivity index (χ3v) is 0. The summed E-state index contributed by atoms with van der Waals surface area (Å²) >= 11 is 0. The van der Waals surface area contributed by atoms with Crippen LogP contribution in [0.2, 0.25) is 0 Å². The second-order valence-electron chi connectivity index (χ2n) is 0. The number of hydrogen-bond donors (Lipinski definition) is 0. The first-order valence-electron chi connectivity index (χ1n) is 0. The number of rotatable bonds is 0. The van der Waals surface area contributed by atoms with Crippen LogP contribution in [0.4, 0.5) is 0 Å². The quantitative estimate of drug-likeness (QED) is 0.393. The van der Waals surface area contributed by atoms with E-state index in [1.165, 1.54) is 0 Å². The van der Waals surface area contributed by atoms with E-state index in [2.05, 4.69) is 0 Å². The van der Waals surface area contributed by atoms with Crippen molar-refractivity contribution in [2.75, 3.05) is 0 Å². The molecule has 0 aromatic carbocycles. The van der Waals surface area contributed by atoms with Gasteiger partial charge >= 0.3 is 0 Å². The Morgan fingerprint density at radius 2 is 1.00 bits per heavy atom. The summed E-state index contributed by atoms with van der Waals surface area (Å²) < 4.78 is 0. The Morgan fingerprint density at radius 3 is 1.00 bits per heavy atom. The van der Waals surface area contributed by atoms with Crippen molar-refractivity contribution in [3.8, 4) is 0 Å². The normalized spacial score (nSPS) is 0. The SMILES string of the molecule is [Co].[Ni].[Pd].[Pt].[Rh]. The van der Waals surface area contributed by atoms with Crippen molar-refractivity contribution < 1.29 is 94.2 Å². The van der Waals surface area contributed by atoms with Gasteiger partial charge in [0.15, 0.2) is 0 Å². The largest absolute Gasteiger partial charge is 0 e. The fourth-order valence-electron chi connectivity index (χ4n) is 0. The molecule has 0 spiro atoms. The summed E-state index contributed by atoms with van der Waals surface area (Å²) in [4.78, 5) is 0. The van der Waals surface area contributed by atoms with Gasteiger partial charge in [0.1, 0.15) is 0 Å². The Morgan fingerprint density at radius 1 is 1.00 bits per heavy atom. The Balaban J connectivity index is 0. The van der Waals surface area contributed by atoms with Crippen molar-refractivity contribution in [1.82, 2.24) is 0 Å². The zero-order chi connectivity index (χ0) is 0. The van der Waals surface area contributed by atoms with Crippen LogP contribution in [0.5, 0.6) is 0 Å². The monoisotopic (exact) mass is 521 g/mol. The van der Waals surface area contributed by atoms with Crippen LogP contribution in [0, 0.1) is 0 Å². The molecule has 0 fully saturated rings. The van der Waals surface area contributed by atoms with E-state index in [4.69, 9.17) is 0 Å². The van der Waals surface area contributed by atoms with Gasteiger partial charge in [-0.1, -0.05) is 0 Å². The van der Waals surface area contributed by atoms with Crippen molar-refractivity contribution in [2.45, 2.75) is 0 Å². The van der Waals surface area contributed by atoms with Crippen LogP contribution in [0.3, 0.4) is 0 Å². The summed E-state index contributed by atoms with van der Waals surface area (Å²) in [5, 5.41) is 0. The van der Waals surface area contributed by atoms with E-state index in [1.54, 1.807) is 0 Å². The second kappa shape index (κ2) is 28.1. The molecular weight excluding hydrogens is 522 g/mol. The van der Waals surface area contributed by atoms with E-state index < -0.39 is 0 Å². The molecule has 0 unspecified atom stereocenters. The Labute approximate surface area is 92.8 Å². The van der Waals surface area contributed by atoms with Gasteiger partial charge in [-0.3, -0.25) is 0 Å². The van der Waals surface area contributed by atoms with Crippen LogP contribution >= 0.6 is 0 Å². The Hall–Kier alpha value is 2.97. The molecule has 0 aliphatic rings. The molecule has 0 amide bonds. The van der Waals surface area contributed by atoms with Gasteiger partial charge in [0.2, 0.25) is 0 Å². The van der Waals surface area contributed by atoms with Crippen LogP contribution in [0.15, 0.2) is 0 Å². The van der Waals surface area contributed by atoms with E-state index in [1.807, 2.05) is 0 Å². The maximum absolute atomic E-state index is 0. The second-order valence-corrected chi connectivity index (χ2v) is 0. The Bertz CT molecular complexity index is 11.6. The first kappa shape index (κ1) is 43.8. The van der Waals surface area contributed by atoms with Gasteiger partial charge in [0.25, 0.3) is 0 Å². The standard InChI is InChI=1S/Co.Ni.Pd.Pt.Rh. The molecule has 0 saturated carbocycles. The minimum absolute atomic E-state index is 0. The van der Waals surface area contributed by atoms with Crippen LogP contribution in [-0.2, 0) is 94.2 Å². The zero-order valence-corrected chi connectivity index (χ0v) is 9.11. The maximum Gasteiger partial charge on any atom is 0 e. The smallest absolute Gasteiger partial charge is 0 e. The summed E-state index contributed by atoms with van der Waals surface area (Å²) in [7, 11) is 0. The fourth-order valence-corrected chi connectivity index (χ4v) is 0. The van der Waals surface area contributed by atoms with Crippen molar-refractivity contribution in [1.29, 1.82) is 0 Å². The molecule has 0 N–H and O–H groups in total. The van der Waals surface area contributed by atoms with Crippen molar-refractivity contribution >= 4 is 0 Å². The summed E-state index contributed by atoms with van der Waals surface area (Å²) in [6.07, 6.45) is 0. The van der Waals surface area contributed by atoms with E-state index in [0.717, 1.165) is 0 Å². The van der Waals surface area contributed by atoms with Crippen LogP contribution in [0.1, 0.15) is 0 Å². The van der Waals surface area contributed by atoms with Crippen LogP contribution in [0.25, 0.3) is 0 Å². The molecule has 0 rings (SSSR count). The van der Waals surface area contributed by atoms with Gasteiger partial charge in [0, 0.05) is 94.2 Å². The predicted molar refractivity (Wildman–Crippen MR) is 0 cm³/mol. The average Bonchev–Trinajstić information content (AvgIpc) is 0. The predicted octanol–water partition coefficient (Wildman–Crippen LogP) is -0.0125. The van der Waals surface area contributed by atoms with Crippen LogP contribution < -0.4 is 0 Å². The summed E-state index contributed by atoms with van der Waals surface area (Å²) in [5.74, 6) is 0. The van der Waals surface area contributed by atoms with Gasteiger partial charge < -0.3 is 0 Å². The Kier molecular flexibility index (Phi) is 247. The van der Waals surface area contributed by atoms with Gasteiger partial charge in [-0.05, 0) is 0 Å².